The summed E-state index contributed by atoms with van der Waals surface area (Å²) in [5, 5.41) is 11.2. The molecular formula is C24H24Cl2N2O4. The number of nitrogens with zero attached hydrogens (tertiary/aromatic N) is 2. The fraction of sp³-hybridized carbons (Fsp3) is 0.417. The predicted molar refractivity (Wildman–Crippen MR) is 121 cm³/mol. The molecule has 32 heavy (non-hydrogen) atoms. The van der Waals surface area contributed by atoms with Gasteiger partial charge in [0.25, 0.3) is 5.91 Å². The first kappa shape index (κ1) is 21.6. The second kappa shape index (κ2) is 8.25. The Bertz CT molecular complexity index is 1050. The molecule has 2 atom stereocenters. The lowest BCUT2D eigenvalue weighted by molar-refractivity contribution is -0.148. The van der Waals surface area contributed by atoms with Crippen LogP contribution in [0.5, 0.6) is 5.75 Å². The Morgan fingerprint density at radius 1 is 1.03 bits per heavy atom. The average Bonchev–Trinajstić information content (AvgIpc) is 3.14. The van der Waals surface area contributed by atoms with E-state index in [-0.39, 0.29) is 42.3 Å². The van der Waals surface area contributed by atoms with Crippen molar-refractivity contribution < 1.29 is 19.4 Å². The van der Waals surface area contributed by atoms with Gasteiger partial charge in [0.15, 0.2) is 6.61 Å². The summed E-state index contributed by atoms with van der Waals surface area (Å²) < 4.78 is 5.59. The molecule has 3 aliphatic rings. The third-order valence-corrected chi connectivity index (χ3v) is 7.58. The van der Waals surface area contributed by atoms with Crippen molar-refractivity contribution in [1.82, 2.24) is 9.80 Å². The molecule has 1 aliphatic carbocycles. The molecule has 2 unspecified atom stereocenters. The Balaban J connectivity index is 1.18. The van der Waals surface area contributed by atoms with E-state index in [1.807, 2.05) is 23.1 Å². The number of hydrogen-bond donors (Lipinski definition) is 1. The normalized spacial score (nSPS) is 22.8. The van der Waals surface area contributed by atoms with Gasteiger partial charge < -0.3 is 19.6 Å². The first-order valence-electron chi connectivity index (χ1n) is 10.7. The summed E-state index contributed by atoms with van der Waals surface area (Å²) in [6, 6.07) is 12.6. The fourth-order valence-electron chi connectivity index (χ4n) is 5.19. The molecule has 0 aromatic heterocycles. The van der Waals surface area contributed by atoms with Crippen LogP contribution in [0.4, 0.5) is 0 Å². The third-order valence-electron chi connectivity index (χ3n) is 7.09. The van der Waals surface area contributed by atoms with Crippen molar-refractivity contribution in [2.45, 2.75) is 12.3 Å². The van der Waals surface area contributed by atoms with Crippen molar-refractivity contribution in [3.05, 3.63) is 63.6 Å². The molecule has 168 valence electrons. The maximum absolute atomic E-state index is 13.0. The zero-order chi connectivity index (χ0) is 22.5. The minimum absolute atomic E-state index is 0.00821. The van der Waals surface area contributed by atoms with E-state index in [2.05, 4.69) is 0 Å². The van der Waals surface area contributed by atoms with Gasteiger partial charge in [-0.15, -0.1) is 0 Å². The number of benzene rings is 2. The van der Waals surface area contributed by atoms with Crippen molar-refractivity contribution in [1.29, 1.82) is 0 Å². The van der Waals surface area contributed by atoms with Crippen LogP contribution in [0.25, 0.3) is 0 Å². The van der Waals surface area contributed by atoms with Crippen LogP contribution in [0.1, 0.15) is 17.0 Å². The van der Waals surface area contributed by atoms with Crippen LogP contribution in [0.2, 0.25) is 10.0 Å². The largest absolute Gasteiger partial charge is 0.484 e. The van der Waals surface area contributed by atoms with E-state index < -0.39 is 0 Å². The van der Waals surface area contributed by atoms with Gasteiger partial charge >= 0.3 is 0 Å². The fourth-order valence-corrected chi connectivity index (χ4v) is 5.49. The predicted octanol–water partition coefficient (Wildman–Crippen LogP) is 2.99. The molecule has 0 saturated carbocycles. The van der Waals surface area contributed by atoms with Gasteiger partial charge in [-0.05, 0) is 53.9 Å². The standard InChI is InChI=1S/C24H24Cl2N2O4/c25-17-3-5-19(6-4-17)32-11-22(30)27-9-16(10-29)24(12-27)13-28(14-24)23(31)21-7-15-1-2-18(26)8-20(15)21/h1-6,8,16,21,29H,7,9-14H2. The molecule has 0 radical (unpaired) electrons. The van der Waals surface area contributed by atoms with Crippen LogP contribution in [-0.2, 0) is 16.0 Å². The summed E-state index contributed by atoms with van der Waals surface area (Å²) in [5.41, 5.74) is 1.95. The molecule has 2 heterocycles. The van der Waals surface area contributed by atoms with Gasteiger partial charge in [0, 0.05) is 54.2 Å². The van der Waals surface area contributed by atoms with E-state index >= 15 is 0 Å². The van der Waals surface area contributed by atoms with E-state index in [1.54, 1.807) is 29.2 Å². The number of halogens is 2. The first-order chi connectivity index (χ1) is 15.4. The molecule has 1 N–H and O–H groups in total. The van der Waals surface area contributed by atoms with Crippen molar-refractivity contribution in [3.8, 4) is 5.75 Å². The zero-order valence-electron chi connectivity index (χ0n) is 17.5. The average molecular weight is 475 g/mol. The lowest BCUT2D eigenvalue weighted by Gasteiger charge is -2.52. The second-order valence-electron chi connectivity index (χ2n) is 9.05. The minimum Gasteiger partial charge on any atom is -0.484 e. The number of carbonyl (C=O) groups is 2. The van der Waals surface area contributed by atoms with Crippen molar-refractivity contribution >= 4 is 35.0 Å². The second-order valence-corrected chi connectivity index (χ2v) is 9.93. The Hall–Kier alpha value is -2.28. The highest BCUT2D eigenvalue weighted by Crippen LogP contribution is 2.46. The number of ether oxygens (including phenoxy) is 1. The van der Waals surface area contributed by atoms with E-state index in [0.29, 0.717) is 42.0 Å². The Kier molecular flexibility index (Phi) is 5.56. The van der Waals surface area contributed by atoms with E-state index in [1.165, 1.54) is 5.56 Å². The number of rotatable bonds is 5. The lowest BCUT2D eigenvalue weighted by atomic mass is 9.70. The zero-order valence-corrected chi connectivity index (χ0v) is 19.0. The van der Waals surface area contributed by atoms with E-state index in [0.717, 1.165) is 12.0 Å². The van der Waals surface area contributed by atoms with Gasteiger partial charge in [-0.2, -0.15) is 0 Å². The monoisotopic (exact) mass is 474 g/mol. The smallest absolute Gasteiger partial charge is 0.260 e. The minimum atomic E-state index is -0.249. The van der Waals surface area contributed by atoms with Gasteiger partial charge in [0.1, 0.15) is 5.75 Å². The van der Waals surface area contributed by atoms with Crippen molar-refractivity contribution in [2.75, 3.05) is 39.4 Å². The summed E-state index contributed by atoms with van der Waals surface area (Å²) in [7, 11) is 0. The molecule has 8 heteroatoms. The van der Waals surface area contributed by atoms with Crippen LogP contribution < -0.4 is 4.74 Å². The quantitative estimate of drug-likeness (QED) is 0.722. The van der Waals surface area contributed by atoms with Crippen LogP contribution in [0.15, 0.2) is 42.5 Å². The van der Waals surface area contributed by atoms with E-state index in [9.17, 15) is 14.7 Å². The molecule has 2 saturated heterocycles. The molecule has 2 fully saturated rings. The third kappa shape index (κ3) is 3.74. The molecule has 2 aromatic rings. The topological polar surface area (TPSA) is 70.1 Å². The molecule has 1 spiro atoms. The molecule has 0 bridgehead atoms. The van der Waals surface area contributed by atoms with E-state index in [4.69, 9.17) is 27.9 Å². The SMILES string of the molecule is O=C(COc1ccc(Cl)cc1)N1CC(CO)C2(C1)CN(C(=O)C1Cc3ccc(Cl)cc31)C2. The van der Waals surface area contributed by atoms with Crippen LogP contribution in [0.3, 0.4) is 0 Å². The number of carbonyl (C=O) groups excluding carboxylic acids is 2. The molecule has 5 rings (SSSR count). The Labute approximate surface area is 196 Å². The Morgan fingerprint density at radius 2 is 1.72 bits per heavy atom. The number of aliphatic hydroxyl groups excluding tert-OH is 1. The number of hydrogen-bond acceptors (Lipinski definition) is 4. The van der Waals surface area contributed by atoms with Gasteiger partial charge in [0.2, 0.25) is 5.91 Å². The number of amides is 2. The summed E-state index contributed by atoms with van der Waals surface area (Å²) in [6.45, 7) is 2.04. The van der Waals surface area contributed by atoms with Crippen molar-refractivity contribution in [3.63, 3.8) is 0 Å². The van der Waals surface area contributed by atoms with Gasteiger partial charge in [-0.3, -0.25) is 9.59 Å². The van der Waals surface area contributed by atoms with Gasteiger partial charge in [-0.25, -0.2) is 0 Å². The summed E-state index contributed by atoms with van der Waals surface area (Å²) in [6.07, 6.45) is 0.741. The summed E-state index contributed by atoms with van der Waals surface area (Å²) >= 11 is 12.0. The molecular weight excluding hydrogens is 451 g/mol. The number of fused-ring (bicyclic) bond motifs is 1. The summed E-state index contributed by atoms with van der Waals surface area (Å²) in [5.74, 6) is 0.381. The first-order valence-corrected chi connectivity index (χ1v) is 11.5. The van der Waals surface area contributed by atoms with Crippen LogP contribution in [0, 0.1) is 11.3 Å². The molecule has 2 amide bonds. The molecule has 6 nitrogen and oxygen atoms in total. The molecule has 2 aliphatic heterocycles. The number of likely N-dealkylation sites (tertiary alicyclic amines) is 2. The highest BCUT2D eigenvalue weighted by molar-refractivity contribution is 6.31. The maximum Gasteiger partial charge on any atom is 0.260 e. The van der Waals surface area contributed by atoms with Gasteiger partial charge in [-0.1, -0.05) is 29.3 Å². The summed E-state index contributed by atoms with van der Waals surface area (Å²) in [4.78, 5) is 29.4. The highest BCUT2D eigenvalue weighted by atomic mass is 35.5. The number of aliphatic hydroxyl groups is 1. The Morgan fingerprint density at radius 3 is 2.44 bits per heavy atom. The molecule has 2 aromatic carbocycles. The van der Waals surface area contributed by atoms with Crippen LogP contribution >= 0.6 is 23.2 Å². The van der Waals surface area contributed by atoms with Crippen LogP contribution in [-0.4, -0.2) is 66.1 Å². The lowest BCUT2D eigenvalue weighted by Crippen LogP contribution is -2.64. The maximum atomic E-state index is 13.0. The highest BCUT2D eigenvalue weighted by Gasteiger charge is 2.57. The van der Waals surface area contributed by atoms with Crippen molar-refractivity contribution in [2.24, 2.45) is 11.3 Å². The van der Waals surface area contributed by atoms with Gasteiger partial charge in [0.05, 0.1) is 5.92 Å².